The van der Waals surface area contributed by atoms with Crippen molar-refractivity contribution in [1.82, 2.24) is 15.2 Å². The van der Waals surface area contributed by atoms with Crippen LogP contribution in [-0.2, 0) is 4.79 Å². The number of likely N-dealkylation sites (N-methyl/N-ethyl adjacent to an activating group) is 1. The van der Waals surface area contributed by atoms with Crippen LogP contribution in [0, 0.1) is 0 Å². The second-order valence-electron chi connectivity index (χ2n) is 4.24. The lowest BCUT2D eigenvalue weighted by Crippen LogP contribution is -2.31. The highest BCUT2D eigenvalue weighted by Crippen LogP contribution is 2.04. The van der Waals surface area contributed by atoms with Gasteiger partial charge < -0.3 is 15.3 Å². The average molecular weight is 263 g/mol. The van der Waals surface area contributed by atoms with Gasteiger partial charge in [0.2, 0.25) is 0 Å². The van der Waals surface area contributed by atoms with Crippen molar-refractivity contribution in [3.63, 3.8) is 0 Å². The van der Waals surface area contributed by atoms with E-state index >= 15 is 0 Å². The third-order valence-electron chi connectivity index (χ3n) is 2.28. The van der Waals surface area contributed by atoms with E-state index in [0.29, 0.717) is 17.7 Å². The van der Waals surface area contributed by atoms with Gasteiger partial charge in [-0.1, -0.05) is 0 Å². The Bertz CT molecular complexity index is 484. The molecule has 6 heteroatoms. The zero-order chi connectivity index (χ0) is 14.3. The molecule has 102 valence electrons. The van der Waals surface area contributed by atoms with Crippen LogP contribution >= 0.6 is 0 Å². The number of aliphatic carboxylic acids is 1. The van der Waals surface area contributed by atoms with Crippen LogP contribution in [0.25, 0.3) is 6.08 Å². The third-order valence-corrected chi connectivity index (χ3v) is 2.28. The van der Waals surface area contributed by atoms with Crippen LogP contribution in [0.4, 0.5) is 0 Å². The van der Waals surface area contributed by atoms with Crippen molar-refractivity contribution >= 4 is 18.0 Å². The van der Waals surface area contributed by atoms with Crippen LogP contribution in [0.1, 0.15) is 15.9 Å². The summed E-state index contributed by atoms with van der Waals surface area (Å²) in [7, 11) is 3.84. The van der Waals surface area contributed by atoms with Crippen molar-refractivity contribution < 1.29 is 14.7 Å². The molecule has 0 aromatic carbocycles. The highest BCUT2D eigenvalue weighted by atomic mass is 16.4. The summed E-state index contributed by atoms with van der Waals surface area (Å²) in [4.78, 5) is 28.1. The first-order valence-corrected chi connectivity index (χ1v) is 5.78. The maximum atomic E-state index is 11.8. The van der Waals surface area contributed by atoms with E-state index in [4.69, 9.17) is 5.11 Å². The number of carbonyl (C=O) groups is 2. The number of rotatable bonds is 6. The second kappa shape index (κ2) is 7.27. The molecular weight excluding hydrogens is 246 g/mol. The van der Waals surface area contributed by atoms with Gasteiger partial charge in [0.1, 0.15) is 0 Å². The number of hydrogen-bond acceptors (Lipinski definition) is 4. The number of pyridine rings is 1. The fourth-order valence-electron chi connectivity index (χ4n) is 1.34. The first kappa shape index (κ1) is 14.8. The lowest BCUT2D eigenvalue weighted by Gasteiger charge is -2.10. The Morgan fingerprint density at radius 3 is 2.79 bits per heavy atom. The Kier molecular flexibility index (Phi) is 5.69. The second-order valence-corrected chi connectivity index (χ2v) is 4.24. The van der Waals surface area contributed by atoms with Crippen LogP contribution in [0.5, 0.6) is 0 Å². The molecule has 0 aliphatic heterocycles. The number of carboxylic acid groups (broad SMARTS) is 1. The number of carboxylic acids is 1. The van der Waals surface area contributed by atoms with Gasteiger partial charge in [0.15, 0.2) is 0 Å². The summed E-state index contributed by atoms with van der Waals surface area (Å²) in [5.41, 5.74) is 0.981. The number of carbonyl (C=O) groups excluding carboxylic acids is 1. The van der Waals surface area contributed by atoms with Crippen LogP contribution in [0.3, 0.4) is 0 Å². The molecule has 1 amide bonds. The van der Waals surface area contributed by atoms with Gasteiger partial charge in [-0.3, -0.25) is 9.78 Å². The van der Waals surface area contributed by atoms with E-state index in [9.17, 15) is 9.59 Å². The number of hydrogen-bond donors (Lipinski definition) is 2. The molecule has 1 heterocycles. The monoisotopic (exact) mass is 263 g/mol. The van der Waals surface area contributed by atoms with E-state index in [2.05, 4.69) is 10.3 Å². The lowest BCUT2D eigenvalue weighted by atomic mass is 10.2. The largest absolute Gasteiger partial charge is 0.478 e. The maximum absolute atomic E-state index is 11.8. The first-order valence-electron chi connectivity index (χ1n) is 5.78. The first-order chi connectivity index (χ1) is 8.99. The minimum Gasteiger partial charge on any atom is -0.478 e. The molecule has 1 rings (SSSR count). The van der Waals surface area contributed by atoms with Crippen molar-refractivity contribution in [3.8, 4) is 0 Å². The highest BCUT2D eigenvalue weighted by molar-refractivity contribution is 5.94. The summed E-state index contributed by atoms with van der Waals surface area (Å²) in [6.07, 6.45) is 5.34. The Hall–Kier alpha value is -2.21. The molecule has 6 nitrogen and oxygen atoms in total. The molecule has 0 unspecified atom stereocenters. The normalized spacial score (nSPS) is 10.9. The molecule has 0 atom stereocenters. The Morgan fingerprint density at radius 1 is 1.42 bits per heavy atom. The minimum absolute atomic E-state index is 0.222. The fraction of sp³-hybridized carbons (Fsp3) is 0.308. The molecule has 1 aromatic rings. The molecule has 19 heavy (non-hydrogen) atoms. The summed E-state index contributed by atoms with van der Waals surface area (Å²) in [6.45, 7) is 1.29. The SMILES string of the molecule is CN(C)CCNC(=O)c1cncc(/C=C/C(=O)O)c1. The van der Waals surface area contributed by atoms with Crippen molar-refractivity contribution in [1.29, 1.82) is 0 Å². The van der Waals surface area contributed by atoms with E-state index in [1.54, 1.807) is 6.07 Å². The molecule has 0 saturated carbocycles. The molecule has 0 radical (unpaired) electrons. The van der Waals surface area contributed by atoms with Crippen molar-refractivity contribution in [3.05, 3.63) is 35.7 Å². The topological polar surface area (TPSA) is 82.5 Å². The van der Waals surface area contributed by atoms with Crippen LogP contribution in [-0.4, -0.2) is 54.1 Å². The summed E-state index contributed by atoms with van der Waals surface area (Å²) in [6, 6.07) is 1.59. The van der Waals surface area contributed by atoms with Gasteiger partial charge in [-0.15, -0.1) is 0 Å². The fourth-order valence-corrected chi connectivity index (χ4v) is 1.34. The summed E-state index contributed by atoms with van der Waals surface area (Å²) in [5, 5.41) is 11.3. The van der Waals surface area contributed by atoms with Gasteiger partial charge in [-0.25, -0.2) is 4.79 Å². The van der Waals surface area contributed by atoms with Gasteiger partial charge in [0.05, 0.1) is 5.56 Å². The van der Waals surface area contributed by atoms with E-state index in [0.717, 1.165) is 12.6 Å². The molecule has 0 bridgehead atoms. The van der Waals surface area contributed by atoms with Crippen LogP contribution in [0.15, 0.2) is 24.5 Å². The summed E-state index contributed by atoms with van der Waals surface area (Å²) < 4.78 is 0. The van der Waals surface area contributed by atoms with E-state index in [1.165, 1.54) is 18.5 Å². The number of amides is 1. The highest BCUT2D eigenvalue weighted by Gasteiger charge is 2.05. The zero-order valence-corrected chi connectivity index (χ0v) is 11.0. The van der Waals surface area contributed by atoms with E-state index in [-0.39, 0.29) is 5.91 Å². The van der Waals surface area contributed by atoms with Crippen LogP contribution < -0.4 is 5.32 Å². The number of aromatic nitrogens is 1. The average Bonchev–Trinajstić information content (AvgIpc) is 2.36. The Labute approximate surface area is 111 Å². The summed E-state index contributed by atoms with van der Waals surface area (Å²) in [5.74, 6) is -1.26. The summed E-state index contributed by atoms with van der Waals surface area (Å²) >= 11 is 0. The smallest absolute Gasteiger partial charge is 0.328 e. The third kappa shape index (κ3) is 5.78. The molecule has 0 aliphatic carbocycles. The van der Waals surface area contributed by atoms with E-state index < -0.39 is 5.97 Å². The van der Waals surface area contributed by atoms with E-state index in [1.807, 2.05) is 19.0 Å². The van der Waals surface area contributed by atoms with Gasteiger partial charge >= 0.3 is 5.97 Å². The maximum Gasteiger partial charge on any atom is 0.328 e. The van der Waals surface area contributed by atoms with Crippen molar-refractivity contribution in [2.24, 2.45) is 0 Å². The number of nitrogens with one attached hydrogen (secondary N) is 1. The van der Waals surface area contributed by atoms with Gasteiger partial charge in [0.25, 0.3) is 5.91 Å². The zero-order valence-electron chi connectivity index (χ0n) is 11.0. The van der Waals surface area contributed by atoms with Crippen LogP contribution in [0.2, 0.25) is 0 Å². The Balaban J connectivity index is 2.65. The molecule has 1 aromatic heterocycles. The molecule has 0 spiro atoms. The predicted molar refractivity (Wildman–Crippen MR) is 71.8 cm³/mol. The standard InChI is InChI=1S/C13H17N3O3/c1-16(2)6-5-15-13(19)11-7-10(8-14-9-11)3-4-12(17)18/h3-4,7-9H,5-6H2,1-2H3,(H,15,19)(H,17,18)/b4-3+. The molecule has 2 N–H and O–H groups in total. The molecular formula is C13H17N3O3. The minimum atomic E-state index is -1.04. The van der Waals surface area contributed by atoms with Gasteiger partial charge in [0, 0.05) is 31.6 Å². The van der Waals surface area contributed by atoms with Gasteiger partial charge in [-0.05, 0) is 31.8 Å². The quantitative estimate of drug-likeness (QED) is 0.729. The van der Waals surface area contributed by atoms with Crippen molar-refractivity contribution in [2.75, 3.05) is 27.2 Å². The van der Waals surface area contributed by atoms with Crippen molar-refractivity contribution in [2.45, 2.75) is 0 Å². The number of nitrogens with zero attached hydrogens (tertiary/aromatic N) is 2. The predicted octanol–water partition coefficient (Wildman–Crippen LogP) is 0.471. The lowest BCUT2D eigenvalue weighted by molar-refractivity contribution is -0.131. The molecule has 0 saturated heterocycles. The molecule has 0 fully saturated rings. The Morgan fingerprint density at radius 2 is 2.16 bits per heavy atom. The molecule has 0 aliphatic rings. The van der Waals surface area contributed by atoms with Gasteiger partial charge in [-0.2, -0.15) is 0 Å².